The summed E-state index contributed by atoms with van der Waals surface area (Å²) in [4.78, 5) is 0.198. The Kier molecular flexibility index (Phi) is 4.58. The maximum Gasteiger partial charge on any atom is 0.261 e. The van der Waals surface area contributed by atoms with Crippen LogP contribution in [0.5, 0.6) is 0 Å². The molecule has 0 aromatic heterocycles. The van der Waals surface area contributed by atoms with Crippen LogP contribution in [-0.2, 0) is 15.9 Å². The van der Waals surface area contributed by atoms with E-state index in [0.717, 1.165) is 5.56 Å². The van der Waals surface area contributed by atoms with E-state index in [-0.39, 0.29) is 10.8 Å². The average Bonchev–Trinajstić information content (AvgIpc) is 2.39. The summed E-state index contributed by atoms with van der Waals surface area (Å²) in [6.07, 6.45) is 0. The zero-order chi connectivity index (χ0) is 14.8. The van der Waals surface area contributed by atoms with Crippen molar-refractivity contribution in [2.24, 2.45) is 0 Å². The number of alkyl halides is 1. The first-order valence-corrected chi connectivity index (χ1v) is 8.26. The predicted octanol–water partition coefficient (Wildman–Crippen LogP) is 4.19. The van der Waals surface area contributed by atoms with Crippen molar-refractivity contribution in [1.29, 1.82) is 0 Å². The van der Waals surface area contributed by atoms with E-state index in [0.29, 0.717) is 16.3 Å². The molecular formula is C14H13Cl2NO2S. The van der Waals surface area contributed by atoms with E-state index in [4.69, 9.17) is 23.2 Å². The monoisotopic (exact) mass is 329 g/mol. The van der Waals surface area contributed by atoms with E-state index >= 15 is 0 Å². The molecule has 0 aliphatic carbocycles. The zero-order valence-corrected chi connectivity index (χ0v) is 13.1. The van der Waals surface area contributed by atoms with Crippen molar-refractivity contribution in [2.45, 2.75) is 17.7 Å². The normalized spacial score (nSPS) is 11.3. The van der Waals surface area contributed by atoms with Crippen LogP contribution in [0.3, 0.4) is 0 Å². The van der Waals surface area contributed by atoms with Gasteiger partial charge in [-0.3, -0.25) is 4.72 Å². The Labute approximate surface area is 128 Å². The Morgan fingerprint density at radius 1 is 1.10 bits per heavy atom. The van der Waals surface area contributed by atoms with Crippen LogP contribution < -0.4 is 4.72 Å². The van der Waals surface area contributed by atoms with Gasteiger partial charge in [0.05, 0.1) is 16.5 Å². The molecule has 2 rings (SSSR count). The zero-order valence-electron chi connectivity index (χ0n) is 10.7. The van der Waals surface area contributed by atoms with Gasteiger partial charge < -0.3 is 0 Å². The van der Waals surface area contributed by atoms with Crippen molar-refractivity contribution >= 4 is 38.9 Å². The average molecular weight is 330 g/mol. The lowest BCUT2D eigenvalue weighted by Gasteiger charge is -2.12. The van der Waals surface area contributed by atoms with E-state index in [1.165, 1.54) is 0 Å². The second kappa shape index (κ2) is 6.04. The van der Waals surface area contributed by atoms with Crippen LogP contribution in [0.2, 0.25) is 5.02 Å². The maximum atomic E-state index is 12.3. The summed E-state index contributed by atoms with van der Waals surface area (Å²) in [5.41, 5.74) is 1.95. The standard InChI is InChI=1S/C14H13Cl2NO2S/c1-10-5-7-11(8-6-10)20(18,19)17-14-4-2-3-13(16)12(14)9-15/h2-8,17H,9H2,1H3. The number of sulfonamides is 1. The Balaban J connectivity index is 2.38. The quantitative estimate of drug-likeness (QED) is 0.855. The van der Waals surface area contributed by atoms with Crippen molar-refractivity contribution in [3.8, 4) is 0 Å². The molecule has 0 radical (unpaired) electrons. The fourth-order valence-electron chi connectivity index (χ4n) is 1.71. The molecule has 0 amide bonds. The van der Waals surface area contributed by atoms with Crippen LogP contribution in [0.25, 0.3) is 0 Å². The molecule has 0 unspecified atom stereocenters. The summed E-state index contributed by atoms with van der Waals surface area (Å²) in [5, 5.41) is 0.434. The lowest BCUT2D eigenvalue weighted by Crippen LogP contribution is -2.14. The van der Waals surface area contributed by atoms with Gasteiger partial charge >= 0.3 is 0 Å². The number of anilines is 1. The Morgan fingerprint density at radius 2 is 1.75 bits per heavy atom. The molecule has 0 saturated heterocycles. The molecule has 0 fully saturated rings. The van der Waals surface area contributed by atoms with Gasteiger partial charge in [0.15, 0.2) is 0 Å². The third kappa shape index (κ3) is 3.26. The Hall–Kier alpha value is -1.23. The van der Waals surface area contributed by atoms with Crippen LogP contribution in [-0.4, -0.2) is 8.42 Å². The highest BCUT2D eigenvalue weighted by Gasteiger charge is 2.16. The molecule has 2 aromatic carbocycles. The number of halogens is 2. The number of aryl methyl sites for hydroxylation is 1. The minimum Gasteiger partial charge on any atom is -0.279 e. The molecule has 2 aromatic rings. The summed E-state index contributed by atoms with van der Waals surface area (Å²) < 4.78 is 27.1. The molecule has 20 heavy (non-hydrogen) atoms. The molecular weight excluding hydrogens is 317 g/mol. The maximum absolute atomic E-state index is 12.3. The van der Waals surface area contributed by atoms with Gasteiger partial charge in [0.1, 0.15) is 0 Å². The van der Waals surface area contributed by atoms with Crippen LogP contribution >= 0.6 is 23.2 Å². The number of rotatable bonds is 4. The van der Waals surface area contributed by atoms with E-state index in [1.807, 2.05) is 6.92 Å². The minimum absolute atomic E-state index is 0.130. The predicted molar refractivity (Wildman–Crippen MR) is 83.0 cm³/mol. The Morgan fingerprint density at radius 3 is 2.35 bits per heavy atom. The van der Waals surface area contributed by atoms with Gasteiger partial charge in [-0.15, -0.1) is 11.6 Å². The highest BCUT2D eigenvalue weighted by Crippen LogP contribution is 2.28. The molecule has 106 valence electrons. The van der Waals surface area contributed by atoms with Gasteiger partial charge in [0, 0.05) is 10.6 Å². The third-order valence-corrected chi connectivity index (χ3v) is 4.83. The largest absolute Gasteiger partial charge is 0.279 e. The van der Waals surface area contributed by atoms with Crippen LogP contribution in [0.4, 0.5) is 5.69 Å². The lowest BCUT2D eigenvalue weighted by molar-refractivity contribution is 0.601. The van der Waals surface area contributed by atoms with Gasteiger partial charge in [-0.1, -0.05) is 35.4 Å². The number of hydrogen-bond donors (Lipinski definition) is 1. The third-order valence-electron chi connectivity index (χ3n) is 2.83. The highest BCUT2D eigenvalue weighted by molar-refractivity contribution is 7.92. The van der Waals surface area contributed by atoms with Gasteiger partial charge in [0.2, 0.25) is 0 Å². The van der Waals surface area contributed by atoms with E-state index < -0.39 is 10.0 Å². The fraction of sp³-hybridized carbons (Fsp3) is 0.143. The van der Waals surface area contributed by atoms with Crippen molar-refractivity contribution < 1.29 is 8.42 Å². The first-order chi connectivity index (χ1) is 9.44. The first-order valence-electron chi connectivity index (χ1n) is 5.87. The second-order valence-corrected chi connectivity index (χ2v) is 6.67. The molecule has 6 heteroatoms. The summed E-state index contributed by atoms with van der Waals surface area (Å²) in [6.45, 7) is 1.90. The number of nitrogens with one attached hydrogen (secondary N) is 1. The minimum atomic E-state index is -3.65. The van der Waals surface area contributed by atoms with Gasteiger partial charge in [0.25, 0.3) is 10.0 Å². The lowest BCUT2D eigenvalue weighted by atomic mass is 10.2. The number of benzene rings is 2. The summed E-state index contributed by atoms with van der Waals surface area (Å²) in [7, 11) is -3.65. The highest BCUT2D eigenvalue weighted by atomic mass is 35.5. The molecule has 1 N–H and O–H groups in total. The summed E-state index contributed by atoms with van der Waals surface area (Å²) in [6, 6.07) is 11.6. The molecule has 0 atom stereocenters. The van der Waals surface area contributed by atoms with Gasteiger partial charge in [-0.25, -0.2) is 8.42 Å². The van der Waals surface area contributed by atoms with E-state index in [2.05, 4.69) is 4.72 Å². The van der Waals surface area contributed by atoms with Crippen molar-refractivity contribution in [3.05, 3.63) is 58.6 Å². The molecule has 0 aliphatic heterocycles. The SMILES string of the molecule is Cc1ccc(S(=O)(=O)Nc2cccc(Cl)c2CCl)cc1. The summed E-state index contributed by atoms with van der Waals surface area (Å²) >= 11 is 11.8. The molecule has 0 heterocycles. The topological polar surface area (TPSA) is 46.2 Å². The molecule has 3 nitrogen and oxygen atoms in total. The van der Waals surface area contributed by atoms with Gasteiger partial charge in [-0.2, -0.15) is 0 Å². The van der Waals surface area contributed by atoms with Crippen molar-refractivity contribution in [3.63, 3.8) is 0 Å². The number of hydrogen-bond acceptors (Lipinski definition) is 2. The van der Waals surface area contributed by atoms with Crippen molar-refractivity contribution in [2.75, 3.05) is 4.72 Å². The van der Waals surface area contributed by atoms with E-state index in [1.54, 1.807) is 42.5 Å². The summed E-state index contributed by atoms with van der Waals surface area (Å²) in [5.74, 6) is 0.130. The smallest absolute Gasteiger partial charge is 0.261 e. The van der Waals surface area contributed by atoms with E-state index in [9.17, 15) is 8.42 Å². The molecule has 0 saturated carbocycles. The van der Waals surface area contributed by atoms with Crippen molar-refractivity contribution in [1.82, 2.24) is 0 Å². The van der Waals surface area contributed by atoms with Gasteiger partial charge in [-0.05, 0) is 31.2 Å². The first kappa shape index (κ1) is 15.2. The second-order valence-electron chi connectivity index (χ2n) is 4.32. The molecule has 0 spiro atoms. The molecule has 0 aliphatic rings. The van der Waals surface area contributed by atoms with Crippen LogP contribution in [0.15, 0.2) is 47.4 Å². The fourth-order valence-corrected chi connectivity index (χ4v) is 3.40. The Bertz CT molecular complexity index is 712. The molecule has 0 bridgehead atoms. The van der Waals surface area contributed by atoms with Crippen LogP contribution in [0, 0.1) is 6.92 Å². The van der Waals surface area contributed by atoms with Crippen LogP contribution in [0.1, 0.15) is 11.1 Å².